The molecule has 1 aromatic rings. The molecule has 1 aromatic heterocycles. The van der Waals surface area contributed by atoms with Crippen LogP contribution >= 0.6 is 0 Å². The molecule has 0 saturated heterocycles. The maximum Gasteiger partial charge on any atom is 0.433 e. The van der Waals surface area contributed by atoms with Crippen molar-refractivity contribution >= 4 is 5.91 Å². The molecule has 1 N–H and O–H groups in total. The largest absolute Gasteiger partial charge is 0.433 e. The van der Waals surface area contributed by atoms with E-state index in [-0.39, 0.29) is 18.9 Å². The number of fused-ring (bicyclic) bond motifs is 1. The molecular weight excluding hydrogens is 209 g/mol. The monoisotopic (exact) mass is 216 g/mol. The van der Waals surface area contributed by atoms with Gasteiger partial charge in [0.25, 0.3) is 0 Å². The molecule has 80 valence electrons. The Morgan fingerprint density at radius 3 is 2.73 bits per heavy atom. The van der Waals surface area contributed by atoms with Crippen molar-refractivity contribution in [2.24, 2.45) is 0 Å². The molecule has 0 saturated carbocycles. The summed E-state index contributed by atoms with van der Waals surface area (Å²) in [6.45, 7) is 0.139. The second kappa shape index (κ2) is 3.22. The van der Waals surface area contributed by atoms with Gasteiger partial charge in [0.05, 0.1) is 6.42 Å². The summed E-state index contributed by atoms with van der Waals surface area (Å²) in [7, 11) is 0. The highest BCUT2D eigenvalue weighted by Crippen LogP contribution is 2.29. The number of hydrogen-bond donors (Lipinski definition) is 1. The predicted molar refractivity (Wildman–Crippen MR) is 44.8 cm³/mol. The van der Waals surface area contributed by atoms with Gasteiger partial charge < -0.3 is 5.32 Å². The van der Waals surface area contributed by atoms with E-state index >= 15 is 0 Å². The Labute approximate surface area is 83.3 Å². The van der Waals surface area contributed by atoms with Gasteiger partial charge in [-0.1, -0.05) is 0 Å². The van der Waals surface area contributed by atoms with Crippen molar-refractivity contribution in [3.05, 3.63) is 29.1 Å². The third kappa shape index (κ3) is 1.93. The number of rotatable bonds is 0. The minimum Gasteiger partial charge on any atom is -0.352 e. The Hall–Kier alpha value is -1.59. The Morgan fingerprint density at radius 1 is 1.33 bits per heavy atom. The highest BCUT2D eigenvalue weighted by molar-refractivity contribution is 5.80. The first-order chi connectivity index (χ1) is 6.97. The van der Waals surface area contributed by atoms with Crippen LogP contribution in [-0.2, 0) is 23.9 Å². The smallest absolute Gasteiger partial charge is 0.352 e. The fourth-order valence-electron chi connectivity index (χ4n) is 1.43. The molecule has 1 aliphatic rings. The number of carbonyl (C=O) groups excluding carboxylic acids is 1. The summed E-state index contributed by atoms with van der Waals surface area (Å²) in [5.74, 6) is -0.191. The van der Waals surface area contributed by atoms with Gasteiger partial charge in [-0.15, -0.1) is 0 Å². The minimum absolute atomic E-state index is 0.0977. The molecule has 0 aromatic carbocycles. The summed E-state index contributed by atoms with van der Waals surface area (Å²) in [5.41, 5.74) is 0.126. The highest BCUT2D eigenvalue weighted by Gasteiger charge is 2.33. The van der Waals surface area contributed by atoms with Crippen molar-refractivity contribution in [2.45, 2.75) is 19.1 Å². The van der Waals surface area contributed by atoms with Gasteiger partial charge in [-0.25, -0.2) is 0 Å². The first kappa shape index (κ1) is 9.95. The number of nitrogens with zero attached hydrogens (tertiary/aromatic N) is 1. The van der Waals surface area contributed by atoms with Gasteiger partial charge in [-0.05, 0) is 17.2 Å². The molecule has 0 aliphatic carbocycles. The van der Waals surface area contributed by atoms with Crippen molar-refractivity contribution in [2.75, 3.05) is 0 Å². The van der Waals surface area contributed by atoms with Gasteiger partial charge in [0.2, 0.25) is 5.91 Å². The Morgan fingerprint density at radius 2 is 2.07 bits per heavy atom. The minimum atomic E-state index is -4.43. The van der Waals surface area contributed by atoms with Gasteiger partial charge in [-0.2, -0.15) is 13.2 Å². The number of halogens is 3. The van der Waals surface area contributed by atoms with Crippen LogP contribution in [0.2, 0.25) is 0 Å². The molecular formula is C9H7F3N2O. The van der Waals surface area contributed by atoms with Crippen LogP contribution in [0, 0.1) is 0 Å². The molecule has 2 rings (SSSR count). The molecule has 0 unspecified atom stereocenters. The van der Waals surface area contributed by atoms with Crippen LogP contribution < -0.4 is 5.32 Å². The summed E-state index contributed by atoms with van der Waals surface area (Å²) in [6.07, 6.45) is -3.21. The predicted octanol–water partition coefficient (Wildman–Crippen LogP) is 1.27. The highest BCUT2D eigenvalue weighted by atomic mass is 19.4. The van der Waals surface area contributed by atoms with E-state index in [9.17, 15) is 18.0 Å². The average Bonchev–Trinajstić information content (AvgIpc) is 2.15. The summed E-state index contributed by atoms with van der Waals surface area (Å²) >= 11 is 0. The van der Waals surface area contributed by atoms with E-state index in [4.69, 9.17) is 0 Å². The van der Waals surface area contributed by atoms with Crippen molar-refractivity contribution in [1.82, 2.24) is 10.3 Å². The van der Waals surface area contributed by atoms with Crippen molar-refractivity contribution in [1.29, 1.82) is 0 Å². The maximum atomic E-state index is 12.3. The number of aromatic nitrogens is 1. The lowest BCUT2D eigenvalue weighted by molar-refractivity contribution is -0.141. The molecule has 1 aliphatic heterocycles. The summed E-state index contributed by atoms with van der Waals surface area (Å²) in [6, 6.07) is 0.981. The normalized spacial score (nSPS) is 15.8. The van der Waals surface area contributed by atoms with Crippen LogP contribution in [0.3, 0.4) is 0 Å². The van der Waals surface area contributed by atoms with Gasteiger partial charge >= 0.3 is 6.18 Å². The number of hydrogen-bond acceptors (Lipinski definition) is 2. The molecule has 2 heterocycles. The summed E-state index contributed by atoms with van der Waals surface area (Å²) in [5, 5.41) is 2.48. The fourth-order valence-corrected chi connectivity index (χ4v) is 1.43. The lowest BCUT2D eigenvalue weighted by atomic mass is 10.0. The molecule has 3 nitrogen and oxygen atoms in total. The molecule has 6 heteroatoms. The van der Waals surface area contributed by atoms with E-state index in [1.165, 1.54) is 0 Å². The number of carbonyl (C=O) groups is 1. The zero-order chi connectivity index (χ0) is 11.1. The quantitative estimate of drug-likeness (QED) is 0.709. The van der Waals surface area contributed by atoms with Gasteiger partial charge in [0.15, 0.2) is 0 Å². The molecule has 15 heavy (non-hydrogen) atoms. The average molecular weight is 216 g/mol. The summed E-state index contributed by atoms with van der Waals surface area (Å²) < 4.78 is 36.9. The van der Waals surface area contributed by atoms with Gasteiger partial charge in [0.1, 0.15) is 5.69 Å². The van der Waals surface area contributed by atoms with E-state index in [1.807, 2.05) is 0 Å². The first-order valence-electron chi connectivity index (χ1n) is 4.28. The number of alkyl halides is 3. The molecule has 0 bridgehead atoms. The van der Waals surface area contributed by atoms with Crippen molar-refractivity contribution < 1.29 is 18.0 Å². The third-order valence-corrected chi connectivity index (χ3v) is 2.20. The lowest BCUT2D eigenvalue weighted by Crippen LogP contribution is -2.30. The number of amides is 1. The Bertz CT molecular complexity index is 414. The van der Waals surface area contributed by atoms with Crippen LogP contribution in [0.5, 0.6) is 0 Å². The second-order valence-corrected chi connectivity index (χ2v) is 3.29. The van der Waals surface area contributed by atoms with Crippen LogP contribution in [0.25, 0.3) is 0 Å². The van der Waals surface area contributed by atoms with E-state index in [0.717, 1.165) is 12.3 Å². The van der Waals surface area contributed by atoms with Gasteiger partial charge in [-0.3, -0.25) is 9.78 Å². The molecule has 1 amide bonds. The SMILES string of the molecule is O=C1Cc2cnc(C(F)(F)F)cc2CN1. The van der Waals surface area contributed by atoms with Crippen molar-refractivity contribution in [3.63, 3.8) is 0 Å². The van der Waals surface area contributed by atoms with E-state index in [2.05, 4.69) is 10.3 Å². The lowest BCUT2D eigenvalue weighted by Gasteiger charge is -2.17. The van der Waals surface area contributed by atoms with Crippen LogP contribution in [0.15, 0.2) is 12.3 Å². The molecule has 0 radical (unpaired) electrons. The van der Waals surface area contributed by atoms with E-state index < -0.39 is 11.9 Å². The standard InChI is InChI=1S/C9H7F3N2O/c10-9(11,12)7-1-5-4-14-8(15)2-6(5)3-13-7/h1,3H,2,4H2,(H,14,15). The van der Waals surface area contributed by atoms with Crippen LogP contribution in [-0.4, -0.2) is 10.9 Å². The Balaban J connectivity index is 2.39. The van der Waals surface area contributed by atoms with Gasteiger partial charge in [0, 0.05) is 12.7 Å². The molecule has 0 fully saturated rings. The maximum absolute atomic E-state index is 12.3. The van der Waals surface area contributed by atoms with Crippen LogP contribution in [0.1, 0.15) is 16.8 Å². The van der Waals surface area contributed by atoms with E-state index in [1.54, 1.807) is 0 Å². The topological polar surface area (TPSA) is 42.0 Å². The van der Waals surface area contributed by atoms with E-state index in [0.29, 0.717) is 11.1 Å². The second-order valence-electron chi connectivity index (χ2n) is 3.29. The summed E-state index contributed by atoms with van der Waals surface area (Å²) in [4.78, 5) is 14.2. The molecule has 0 atom stereocenters. The van der Waals surface area contributed by atoms with Crippen LogP contribution in [0.4, 0.5) is 13.2 Å². The third-order valence-electron chi connectivity index (χ3n) is 2.20. The fraction of sp³-hybridized carbons (Fsp3) is 0.333. The number of nitrogens with one attached hydrogen (secondary N) is 1. The van der Waals surface area contributed by atoms with Crippen molar-refractivity contribution in [3.8, 4) is 0 Å². The molecule has 0 spiro atoms. The Kier molecular flexibility index (Phi) is 2.13. The zero-order valence-electron chi connectivity index (χ0n) is 7.56. The first-order valence-corrected chi connectivity index (χ1v) is 4.28. The number of pyridine rings is 1. The zero-order valence-corrected chi connectivity index (χ0v) is 7.56.